The molecule has 2 aromatic heterocycles. The van der Waals surface area contributed by atoms with Crippen LogP contribution >= 0.6 is 11.3 Å². The second kappa shape index (κ2) is 15.8. The zero-order valence-electron chi connectivity index (χ0n) is 33.1. The van der Waals surface area contributed by atoms with E-state index in [-0.39, 0.29) is 0 Å². The van der Waals surface area contributed by atoms with Gasteiger partial charge in [-0.25, -0.2) is 15.0 Å². The maximum absolute atomic E-state index is 4.99. The smallest absolute Gasteiger partial charge is 0.164 e. The number of thiophene rings is 1. The van der Waals surface area contributed by atoms with Crippen LogP contribution in [0.3, 0.4) is 0 Å². The Balaban J connectivity index is 1.04. The van der Waals surface area contributed by atoms with Crippen molar-refractivity contribution < 1.29 is 0 Å². The molecule has 0 N–H and O–H groups in total. The first-order chi connectivity index (χ1) is 30.2. The van der Waals surface area contributed by atoms with Gasteiger partial charge in [0.1, 0.15) is 0 Å². The van der Waals surface area contributed by atoms with Gasteiger partial charge in [0.2, 0.25) is 0 Å². The molecule has 0 unspecified atom stereocenters. The molecule has 0 amide bonds. The summed E-state index contributed by atoms with van der Waals surface area (Å²) in [7, 11) is 0. The van der Waals surface area contributed by atoms with Crippen molar-refractivity contribution >= 4 is 31.5 Å². The molecule has 9 aromatic carbocycles. The SMILES string of the molecule is c1ccc(-c2cc(-c3ccccc3)c3sc4c(-c5ccc(-c6cccc(-c7nc(-c8ccccc8)nc(-c8ccccc8)n7)c6)cc5)cc(-c5ccccc5)cc4c3c2)cc1. The van der Waals surface area contributed by atoms with Crippen molar-refractivity contribution in [2.45, 2.75) is 0 Å². The predicted octanol–water partition coefficient (Wildman–Crippen LogP) is 15.6. The highest BCUT2D eigenvalue weighted by Crippen LogP contribution is 2.47. The van der Waals surface area contributed by atoms with E-state index in [1.807, 2.05) is 72.0 Å². The number of benzene rings is 9. The zero-order chi connectivity index (χ0) is 40.5. The fourth-order valence-corrected chi connectivity index (χ4v) is 9.57. The van der Waals surface area contributed by atoms with Crippen LogP contribution in [0.25, 0.3) is 110 Å². The summed E-state index contributed by atoms with van der Waals surface area (Å²) < 4.78 is 2.58. The van der Waals surface area contributed by atoms with Gasteiger partial charge in [0.15, 0.2) is 17.5 Å². The van der Waals surface area contributed by atoms with Gasteiger partial charge in [-0.2, -0.15) is 0 Å². The molecule has 0 spiro atoms. The first kappa shape index (κ1) is 36.3. The normalized spacial score (nSPS) is 11.3. The Kier molecular flexibility index (Phi) is 9.38. The Hall–Kier alpha value is -7.79. The molecule has 0 aliphatic heterocycles. The first-order valence-corrected chi connectivity index (χ1v) is 21.3. The van der Waals surface area contributed by atoms with Crippen molar-refractivity contribution in [1.82, 2.24) is 15.0 Å². The van der Waals surface area contributed by atoms with E-state index in [0.717, 1.165) is 27.8 Å². The second-order valence-electron chi connectivity index (χ2n) is 15.2. The van der Waals surface area contributed by atoms with Crippen LogP contribution in [-0.2, 0) is 0 Å². The molecule has 3 nitrogen and oxygen atoms in total. The highest BCUT2D eigenvalue weighted by atomic mass is 32.1. The number of rotatable bonds is 8. The molecule has 0 aliphatic rings. The minimum atomic E-state index is 0.640. The Bertz CT molecular complexity index is 3250. The van der Waals surface area contributed by atoms with Crippen LogP contribution in [0.15, 0.2) is 224 Å². The van der Waals surface area contributed by atoms with Gasteiger partial charge in [-0.1, -0.05) is 194 Å². The molecule has 61 heavy (non-hydrogen) atoms. The topological polar surface area (TPSA) is 38.7 Å². The molecule has 0 bridgehead atoms. The minimum Gasteiger partial charge on any atom is -0.208 e. The third kappa shape index (κ3) is 7.09. The van der Waals surface area contributed by atoms with Gasteiger partial charge in [-0.3, -0.25) is 0 Å². The van der Waals surface area contributed by atoms with Crippen LogP contribution in [0.5, 0.6) is 0 Å². The van der Waals surface area contributed by atoms with Crippen molar-refractivity contribution in [2.75, 3.05) is 0 Å². The number of aromatic nitrogens is 3. The van der Waals surface area contributed by atoms with Crippen LogP contribution in [0.1, 0.15) is 0 Å². The lowest BCUT2D eigenvalue weighted by molar-refractivity contribution is 1.07. The number of fused-ring (bicyclic) bond motifs is 3. The monoisotopic (exact) mass is 795 g/mol. The van der Waals surface area contributed by atoms with Crippen molar-refractivity contribution in [3.05, 3.63) is 224 Å². The molecule has 286 valence electrons. The Morgan fingerprint density at radius 1 is 0.230 bits per heavy atom. The van der Waals surface area contributed by atoms with Gasteiger partial charge >= 0.3 is 0 Å². The summed E-state index contributed by atoms with van der Waals surface area (Å²) in [6.45, 7) is 0. The average molecular weight is 796 g/mol. The maximum atomic E-state index is 4.99. The fourth-order valence-electron chi connectivity index (χ4n) is 8.24. The van der Waals surface area contributed by atoms with Gasteiger partial charge in [0, 0.05) is 48.0 Å². The van der Waals surface area contributed by atoms with Crippen LogP contribution in [-0.4, -0.2) is 15.0 Å². The lowest BCUT2D eigenvalue weighted by Gasteiger charge is -2.11. The maximum Gasteiger partial charge on any atom is 0.164 e. The molecule has 11 rings (SSSR count). The Morgan fingerprint density at radius 2 is 0.557 bits per heavy atom. The highest BCUT2D eigenvalue weighted by Gasteiger charge is 2.19. The van der Waals surface area contributed by atoms with Gasteiger partial charge in [0.25, 0.3) is 0 Å². The van der Waals surface area contributed by atoms with Gasteiger partial charge in [-0.15, -0.1) is 11.3 Å². The quantitative estimate of drug-likeness (QED) is 0.154. The Labute approximate surface area is 359 Å². The van der Waals surface area contributed by atoms with Crippen molar-refractivity contribution in [2.24, 2.45) is 0 Å². The lowest BCUT2D eigenvalue weighted by atomic mass is 9.92. The zero-order valence-corrected chi connectivity index (χ0v) is 33.9. The lowest BCUT2D eigenvalue weighted by Crippen LogP contribution is -2.00. The third-order valence-electron chi connectivity index (χ3n) is 11.3. The van der Waals surface area contributed by atoms with E-state index in [2.05, 4.69) is 164 Å². The van der Waals surface area contributed by atoms with Gasteiger partial charge < -0.3 is 0 Å². The summed E-state index contributed by atoms with van der Waals surface area (Å²) in [6, 6.07) is 79.6. The average Bonchev–Trinajstić information content (AvgIpc) is 3.73. The summed E-state index contributed by atoms with van der Waals surface area (Å²) >= 11 is 1.89. The van der Waals surface area contributed by atoms with E-state index in [4.69, 9.17) is 15.0 Å². The minimum absolute atomic E-state index is 0.640. The summed E-state index contributed by atoms with van der Waals surface area (Å²) in [5.41, 5.74) is 14.8. The number of hydrogen-bond acceptors (Lipinski definition) is 4. The molecule has 2 heterocycles. The van der Waals surface area contributed by atoms with E-state index < -0.39 is 0 Å². The van der Waals surface area contributed by atoms with Crippen molar-refractivity contribution in [3.8, 4) is 89.8 Å². The van der Waals surface area contributed by atoms with E-state index in [9.17, 15) is 0 Å². The molecular formula is C57H37N3S. The molecule has 4 heteroatoms. The summed E-state index contributed by atoms with van der Waals surface area (Å²) in [6.07, 6.45) is 0. The summed E-state index contributed by atoms with van der Waals surface area (Å²) in [5.74, 6) is 1.94. The van der Waals surface area contributed by atoms with Crippen LogP contribution in [0, 0.1) is 0 Å². The van der Waals surface area contributed by atoms with E-state index in [1.54, 1.807) is 0 Å². The molecule has 0 fully saturated rings. The van der Waals surface area contributed by atoms with Crippen molar-refractivity contribution in [3.63, 3.8) is 0 Å². The molecule has 0 radical (unpaired) electrons. The molecular weight excluding hydrogens is 759 g/mol. The van der Waals surface area contributed by atoms with Crippen molar-refractivity contribution in [1.29, 1.82) is 0 Å². The number of hydrogen-bond donors (Lipinski definition) is 0. The van der Waals surface area contributed by atoms with Crippen LogP contribution < -0.4 is 0 Å². The first-order valence-electron chi connectivity index (χ1n) is 20.5. The van der Waals surface area contributed by atoms with E-state index in [0.29, 0.717) is 17.5 Å². The standard InChI is InChI=1S/C57H37N3S/c1-6-17-38(18-7-1)47-34-49(41-21-10-3-11-22-41)53-51(36-47)52-37-48(39-19-8-2-9-20-39)35-50(54(52)61-53)42-31-29-40(30-32-42)45-27-16-28-46(33-45)57-59-55(43-23-12-4-13-24-43)58-56(60-57)44-25-14-5-15-26-44/h1-37H. The Morgan fingerprint density at radius 3 is 1.02 bits per heavy atom. The number of nitrogens with zero attached hydrogens (tertiary/aromatic N) is 3. The fraction of sp³-hybridized carbons (Fsp3) is 0. The second-order valence-corrected chi connectivity index (χ2v) is 16.2. The molecule has 11 aromatic rings. The van der Waals surface area contributed by atoms with E-state index in [1.165, 1.54) is 64.7 Å². The summed E-state index contributed by atoms with van der Waals surface area (Å²) in [5, 5.41) is 2.54. The summed E-state index contributed by atoms with van der Waals surface area (Å²) in [4.78, 5) is 14.9. The van der Waals surface area contributed by atoms with E-state index >= 15 is 0 Å². The van der Waals surface area contributed by atoms with Crippen LogP contribution in [0.2, 0.25) is 0 Å². The highest BCUT2D eigenvalue weighted by molar-refractivity contribution is 7.27. The molecule has 0 aliphatic carbocycles. The largest absolute Gasteiger partial charge is 0.208 e. The molecule has 0 saturated carbocycles. The predicted molar refractivity (Wildman–Crippen MR) is 256 cm³/mol. The van der Waals surface area contributed by atoms with Gasteiger partial charge in [0.05, 0.1) is 0 Å². The van der Waals surface area contributed by atoms with Crippen LogP contribution in [0.4, 0.5) is 0 Å². The molecule has 0 saturated heterocycles. The third-order valence-corrected chi connectivity index (χ3v) is 12.6. The molecule has 0 atom stereocenters. The van der Waals surface area contributed by atoms with Gasteiger partial charge in [-0.05, 0) is 74.8 Å².